The van der Waals surface area contributed by atoms with Gasteiger partial charge in [0.25, 0.3) is 0 Å². The van der Waals surface area contributed by atoms with Crippen LogP contribution in [0.5, 0.6) is 5.75 Å². The number of carbonyl (C=O) groups excluding carboxylic acids is 1. The van der Waals surface area contributed by atoms with Gasteiger partial charge in [-0.15, -0.1) is 0 Å². The summed E-state index contributed by atoms with van der Waals surface area (Å²) in [5.74, 6) is 0.0238. The number of esters is 1. The molecule has 0 aliphatic rings. The fourth-order valence-electron chi connectivity index (χ4n) is 1.70. The number of rotatable bonds is 8. The number of phenols is 1. The van der Waals surface area contributed by atoms with Crippen LogP contribution >= 0.6 is 0 Å². The minimum atomic E-state index is -0.450. The van der Waals surface area contributed by atoms with E-state index >= 15 is 0 Å². The van der Waals surface area contributed by atoms with Crippen molar-refractivity contribution < 1.29 is 19.5 Å². The Morgan fingerprint density at radius 1 is 1.24 bits per heavy atom. The number of aryl methyl sites for hydroxylation is 1. The molecule has 21 heavy (non-hydrogen) atoms. The number of ether oxygens (including phenoxy) is 1. The van der Waals surface area contributed by atoms with Crippen LogP contribution in [0.3, 0.4) is 0 Å². The Morgan fingerprint density at radius 3 is 2.52 bits per heavy atom. The van der Waals surface area contributed by atoms with Crippen molar-refractivity contribution >= 4 is 5.97 Å². The average Bonchev–Trinajstić information content (AvgIpc) is 2.37. The molecule has 0 aliphatic carbocycles. The first-order valence-electron chi connectivity index (χ1n) is 7.21. The van der Waals surface area contributed by atoms with Crippen LogP contribution < -0.4 is 5.48 Å². The summed E-state index contributed by atoms with van der Waals surface area (Å²) in [5.41, 5.74) is 3.55. The zero-order valence-electron chi connectivity index (χ0n) is 13.0. The summed E-state index contributed by atoms with van der Waals surface area (Å²) in [4.78, 5) is 16.6. The first-order valence-corrected chi connectivity index (χ1v) is 7.21. The van der Waals surface area contributed by atoms with E-state index in [1.807, 2.05) is 32.9 Å². The number of hydrogen-bond donors (Lipinski definition) is 2. The maximum atomic E-state index is 11.4. The fraction of sp³-hybridized carbons (Fsp3) is 0.562. The van der Waals surface area contributed by atoms with Crippen molar-refractivity contribution in [3.63, 3.8) is 0 Å². The van der Waals surface area contributed by atoms with Gasteiger partial charge < -0.3 is 14.7 Å². The molecule has 0 amide bonds. The van der Waals surface area contributed by atoms with Gasteiger partial charge >= 0.3 is 5.97 Å². The van der Waals surface area contributed by atoms with Crippen LogP contribution in [0.15, 0.2) is 24.3 Å². The quantitative estimate of drug-likeness (QED) is 0.438. The van der Waals surface area contributed by atoms with Crippen molar-refractivity contribution in [3.05, 3.63) is 29.8 Å². The van der Waals surface area contributed by atoms with Crippen molar-refractivity contribution in [2.45, 2.75) is 45.6 Å². The molecule has 0 heterocycles. The van der Waals surface area contributed by atoms with E-state index in [0.717, 1.165) is 12.8 Å². The zero-order valence-corrected chi connectivity index (χ0v) is 13.0. The molecule has 2 N–H and O–H groups in total. The molecule has 0 aromatic heterocycles. The Hall–Kier alpha value is -1.59. The summed E-state index contributed by atoms with van der Waals surface area (Å²) in [6, 6.07) is 7.16. The average molecular weight is 295 g/mol. The molecule has 0 unspecified atom stereocenters. The molecule has 5 heteroatoms. The van der Waals surface area contributed by atoms with Crippen LogP contribution in [0.1, 0.15) is 39.2 Å². The van der Waals surface area contributed by atoms with E-state index < -0.39 is 5.60 Å². The van der Waals surface area contributed by atoms with Crippen molar-refractivity contribution in [1.29, 1.82) is 0 Å². The van der Waals surface area contributed by atoms with Gasteiger partial charge in [-0.2, -0.15) is 0 Å². The summed E-state index contributed by atoms with van der Waals surface area (Å²) < 4.78 is 5.17. The molecule has 0 fully saturated rings. The number of benzene rings is 1. The van der Waals surface area contributed by atoms with E-state index in [-0.39, 0.29) is 18.1 Å². The summed E-state index contributed by atoms with van der Waals surface area (Å²) >= 11 is 0. The Bertz CT molecular complexity index is 423. The molecule has 118 valence electrons. The number of hydroxylamine groups is 1. The standard InChI is InChI=1S/C16H25NO4/c1-16(2,3)21-15(19)10-12-20-17-11-4-5-13-6-8-14(18)9-7-13/h6-9,17-18H,4-5,10-12H2,1-3H3. The van der Waals surface area contributed by atoms with Crippen LogP contribution in [0.25, 0.3) is 0 Å². The van der Waals surface area contributed by atoms with Crippen LogP contribution in [0.4, 0.5) is 0 Å². The molecule has 0 radical (unpaired) electrons. The highest BCUT2D eigenvalue weighted by Gasteiger charge is 2.15. The first-order chi connectivity index (χ1) is 9.87. The highest BCUT2D eigenvalue weighted by molar-refractivity contribution is 5.69. The van der Waals surface area contributed by atoms with E-state index in [0.29, 0.717) is 13.2 Å². The smallest absolute Gasteiger partial charge is 0.308 e. The van der Waals surface area contributed by atoms with Crippen LogP contribution in [-0.4, -0.2) is 29.8 Å². The van der Waals surface area contributed by atoms with Gasteiger partial charge in [-0.3, -0.25) is 4.79 Å². The second-order valence-electron chi connectivity index (χ2n) is 5.85. The largest absolute Gasteiger partial charge is 0.508 e. The number of carbonyl (C=O) groups is 1. The Balaban J connectivity index is 2.00. The van der Waals surface area contributed by atoms with E-state index in [2.05, 4.69) is 5.48 Å². The molecular weight excluding hydrogens is 270 g/mol. The number of hydrogen-bond acceptors (Lipinski definition) is 5. The van der Waals surface area contributed by atoms with Gasteiger partial charge in [0.2, 0.25) is 0 Å². The second-order valence-corrected chi connectivity index (χ2v) is 5.85. The molecular formula is C16H25NO4. The highest BCUT2D eigenvalue weighted by Crippen LogP contribution is 2.11. The topological polar surface area (TPSA) is 67.8 Å². The van der Waals surface area contributed by atoms with Crippen LogP contribution in [0.2, 0.25) is 0 Å². The summed E-state index contributed by atoms with van der Waals surface area (Å²) in [6.45, 7) is 6.53. The molecule has 1 aromatic carbocycles. The molecule has 0 bridgehead atoms. The fourth-order valence-corrected chi connectivity index (χ4v) is 1.70. The Labute approximate surface area is 126 Å². The predicted molar refractivity (Wildman–Crippen MR) is 80.8 cm³/mol. The lowest BCUT2D eigenvalue weighted by Crippen LogP contribution is -2.25. The van der Waals surface area contributed by atoms with Gasteiger partial charge in [0.1, 0.15) is 11.4 Å². The number of aromatic hydroxyl groups is 1. The highest BCUT2D eigenvalue weighted by atomic mass is 16.6. The third-order valence-corrected chi connectivity index (χ3v) is 2.61. The van der Waals surface area contributed by atoms with Gasteiger partial charge in [-0.25, -0.2) is 5.48 Å². The van der Waals surface area contributed by atoms with Crippen molar-refractivity contribution in [3.8, 4) is 5.75 Å². The SMILES string of the molecule is CC(C)(C)OC(=O)CCONCCCc1ccc(O)cc1. The number of phenolic OH excluding ortho intramolecular Hbond substituents is 1. The summed E-state index contributed by atoms with van der Waals surface area (Å²) in [7, 11) is 0. The monoisotopic (exact) mass is 295 g/mol. The molecule has 5 nitrogen and oxygen atoms in total. The van der Waals surface area contributed by atoms with Gasteiger partial charge in [0, 0.05) is 6.54 Å². The molecule has 0 atom stereocenters. The van der Waals surface area contributed by atoms with E-state index in [1.54, 1.807) is 12.1 Å². The van der Waals surface area contributed by atoms with Crippen molar-refractivity contribution in [1.82, 2.24) is 5.48 Å². The number of nitrogens with one attached hydrogen (secondary N) is 1. The van der Waals surface area contributed by atoms with E-state index in [9.17, 15) is 9.90 Å². The zero-order chi connectivity index (χ0) is 15.7. The van der Waals surface area contributed by atoms with Crippen molar-refractivity contribution in [2.24, 2.45) is 0 Å². The third-order valence-electron chi connectivity index (χ3n) is 2.61. The molecule has 1 rings (SSSR count). The molecule has 0 aliphatic heterocycles. The summed E-state index contributed by atoms with van der Waals surface area (Å²) in [5, 5.41) is 9.17. The third kappa shape index (κ3) is 9.05. The van der Waals surface area contributed by atoms with Gasteiger partial charge in [0.05, 0.1) is 13.0 Å². The minimum absolute atomic E-state index is 0.238. The Kier molecular flexibility index (Phi) is 7.19. The lowest BCUT2D eigenvalue weighted by atomic mass is 10.1. The predicted octanol–water partition coefficient (Wildman–Crippen LogP) is 2.58. The lowest BCUT2D eigenvalue weighted by Gasteiger charge is -2.19. The van der Waals surface area contributed by atoms with E-state index in [4.69, 9.17) is 9.57 Å². The molecule has 0 saturated heterocycles. The second kappa shape index (κ2) is 8.64. The molecule has 0 spiro atoms. The first kappa shape index (κ1) is 17.5. The van der Waals surface area contributed by atoms with Crippen LogP contribution in [-0.2, 0) is 20.8 Å². The van der Waals surface area contributed by atoms with Crippen molar-refractivity contribution in [2.75, 3.05) is 13.2 Å². The molecule has 1 aromatic rings. The van der Waals surface area contributed by atoms with Gasteiger partial charge in [-0.05, 0) is 51.3 Å². The van der Waals surface area contributed by atoms with Gasteiger partial charge in [0.15, 0.2) is 0 Å². The maximum Gasteiger partial charge on any atom is 0.308 e. The van der Waals surface area contributed by atoms with Gasteiger partial charge in [-0.1, -0.05) is 12.1 Å². The summed E-state index contributed by atoms with van der Waals surface area (Å²) in [6.07, 6.45) is 2.06. The van der Waals surface area contributed by atoms with Crippen LogP contribution in [0, 0.1) is 0 Å². The van der Waals surface area contributed by atoms with E-state index in [1.165, 1.54) is 5.56 Å². The Morgan fingerprint density at radius 2 is 1.90 bits per heavy atom. The molecule has 0 saturated carbocycles. The minimum Gasteiger partial charge on any atom is -0.508 e. The lowest BCUT2D eigenvalue weighted by molar-refractivity contribution is -0.156. The normalized spacial score (nSPS) is 11.4. The maximum absolute atomic E-state index is 11.4.